The predicted molar refractivity (Wildman–Crippen MR) is 77.3 cm³/mol. The van der Waals surface area contributed by atoms with E-state index < -0.39 is 20.9 Å². The van der Waals surface area contributed by atoms with Gasteiger partial charge in [-0.25, -0.2) is 8.42 Å². The lowest BCUT2D eigenvalue weighted by Crippen LogP contribution is -2.07. The van der Waals surface area contributed by atoms with Crippen LogP contribution in [0.4, 0.5) is 5.69 Å². The number of nitrogens with zero attached hydrogens (tertiary/aromatic N) is 2. The van der Waals surface area contributed by atoms with Gasteiger partial charge in [0.25, 0.3) is 5.69 Å². The number of hydrogen-bond acceptors (Lipinski definition) is 5. The molecule has 0 aromatic carbocycles. The Balaban J connectivity index is 2.79. The van der Waals surface area contributed by atoms with Crippen LogP contribution in [-0.4, -0.2) is 18.3 Å². The maximum Gasteiger partial charge on any atom is 0.292 e. The highest BCUT2D eigenvalue weighted by atomic mass is 32.2. The van der Waals surface area contributed by atoms with Gasteiger partial charge in [0.05, 0.1) is 4.92 Å². The molecule has 0 amide bonds. The van der Waals surface area contributed by atoms with Crippen LogP contribution >= 0.6 is 0 Å². The van der Waals surface area contributed by atoms with Gasteiger partial charge < -0.3 is 0 Å². The summed E-state index contributed by atoms with van der Waals surface area (Å²) in [6.45, 7) is 2.11. The van der Waals surface area contributed by atoms with Gasteiger partial charge in [-0.2, -0.15) is 0 Å². The van der Waals surface area contributed by atoms with Gasteiger partial charge in [-0.3, -0.25) is 15.1 Å². The number of hydrogen-bond donors (Lipinski definition) is 1. The van der Waals surface area contributed by atoms with E-state index in [2.05, 4.69) is 11.9 Å². The van der Waals surface area contributed by atoms with Crippen molar-refractivity contribution in [3.63, 3.8) is 0 Å². The highest BCUT2D eigenvalue weighted by Crippen LogP contribution is 2.29. The molecular formula is C13H20N2O4S. The molecule has 0 aliphatic rings. The number of aromatic nitrogens is 1. The van der Waals surface area contributed by atoms with Crippen LogP contribution in [0.5, 0.6) is 0 Å². The molecule has 0 spiro atoms. The third-order valence-electron chi connectivity index (χ3n) is 3.16. The molecule has 0 radical (unpaired) electrons. The van der Waals surface area contributed by atoms with Crippen molar-refractivity contribution in [2.75, 3.05) is 0 Å². The summed E-state index contributed by atoms with van der Waals surface area (Å²) in [6, 6.07) is 2.74. The first-order valence-corrected chi connectivity index (χ1v) is 8.05. The van der Waals surface area contributed by atoms with Crippen LogP contribution in [0.3, 0.4) is 0 Å². The number of nitro groups is 1. The number of rotatable bonds is 9. The molecular weight excluding hydrogens is 280 g/mol. The SMILES string of the molecule is CCCCCCCC(c1ncccc1[N+](=O)[O-])[SH](=O)=O. The molecule has 1 unspecified atom stereocenters. The zero-order chi connectivity index (χ0) is 15.0. The summed E-state index contributed by atoms with van der Waals surface area (Å²) in [5.41, 5.74) is -0.158. The Bertz CT molecular complexity index is 509. The number of pyridine rings is 1. The van der Waals surface area contributed by atoms with Crippen LogP contribution in [0.1, 0.15) is 56.4 Å². The molecule has 1 aromatic heterocycles. The van der Waals surface area contributed by atoms with E-state index in [4.69, 9.17) is 0 Å². The van der Waals surface area contributed by atoms with Gasteiger partial charge in [0, 0.05) is 12.3 Å². The molecule has 1 aromatic rings. The van der Waals surface area contributed by atoms with Crippen LogP contribution in [0.15, 0.2) is 18.3 Å². The molecule has 0 aliphatic heterocycles. The largest absolute Gasteiger partial charge is 0.292 e. The average Bonchev–Trinajstić information content (AvgIpc) is 2.42. The zero-order valence-electron chi connectivity index (χ0n) is 11.5. The van der Waals surface area contributed by atoms with Crippen molar-refractivity contribution in [1.82, 2.24) is 4.98 Å². The lowest BCUT2D eigenvalue weighted by molar-refractivity contribution is -0.386. The molecule has 112 valence electrons. The molecule has 0 N–H and O–H groups in total. The van der Waals surface area contributed by atoms with E-state index in [1.165, 1.54) is 18.3 Å². The topological polar surface area (TPSA) is 90.2 Å². The van der Waals surface area contributed by atoms with Crippen LogP contribution in [0.2, 0.25) is 0 Å². The van der Waals surface area contributed by atoms with Gasteiger partial charge >= 0.3 is 0 Å². The molecule has 1 atom stereocenters. The fourth-order valence-corrected chi connectivity index (χ4v) is 2.90. The molecule has 7 heteroatoms. The highest BCUT2D eigenvalue weighted by molar-refractivity contribution is 7.72. The van der Waals surface area contributed by atoms with Gasteiger partial charge in [-0.15, -0.1) is 0 Å². The number of thiol groups is 1. The van der Waals surface area contributed by atoms with E-state index in [-0.39, 0.29) is 11.4 Å². The minimum atomic E-state index is -2.77. The number of unbranched alkanes of at least 4 members (excludes halogenated alkanes) is 4. The first-order chi connectivity index (χ1) is 9.57. The second kappa shape index (κ2) is 8.63. The lowest BCUT2D eigenvalue weighted by Gasteiger charge is -2.10. The third kappa shape index (κ3) is 4.88. The average molecular weight is 300 g/mol. The first kappa shape index (κ1) is 16.6. The van der Waals surface area contributed by atoms with E-state index in [0.717, 1.165) is 32.1 Å². The van der Waals surface area contributed by atoms with Crippen LogP contribution < -0.4 is 0 Å². The van der Waals surface area contributed by atoms with Gasteiger partial charge in [0.1, 0.15) is 21.6 Å². The molecule has 0 saturated carbocycles. The smallest absolute Gasteiger partial charge is 0.258 e. The second-order valence-corrected chi connectivity index (χ2v) is 5.86. The first-order valence-electron chi connectivity index (χ1n) is 6.80. The molecule has 0 fully saturated rings. The fourth-order valence-electron chi connectivity index (χ4n) is 2.10. The minimum absolute atomic E-state index is 0.0594. The van der Waals surface area contributed by atoms with Crippen LogP contribution in [0, 0.1) is 10.1 Å². The Morgan fingerprint density at radius 2 is 2.00 bits per heavy atom. The van der Waals surface area contributed by atoms with E-state index in [9.17, 15) is 18.5 Å². The summed E-state index contributed by atoms with van der Waals surface area (Å²) < 4.78 is 22.7. The molecule has 1 rings (SSSR count). The summed E-state index contributed by atoms with van der Waals surface area (Å²) in [6.07, 6.45) is 6.76. The predicted octanol–water partition coefficient (Wildman–Crippen LogP) is 3.00. The second-order valence-electron chi connectivity index (χ2n) is 4.67. The Morgan fingerprint density at radius 1 is 1.30 bits per heavy atom. The summed E-state index contributed by atoms with van der Waals surface area (Å²) in [5, 5.41) is 10.1. The maximum absolute atomic E-state index is 11.4. The van der Waals surface area contributed by atoms with Gasteiger partial charge in [-0.05, 0) is 12.5 Å². The highest BCUT2D eigenvalue weighted by Gasteiger charge is 2.25. The van der Waals surface area contributed by atoms with Gasteiger partial charge in [0.2, 0.25) is 0 Å². The monoisotopic (exact) mass is 300 g/mol. The molecule has 0 aliphatic carbocycles. The maximum atomic E-state index is 11.4. The van der Waals surface area contributed by atoms with E-state index in [1.54, 1.807) is 0 Å². The van der Waals surface area contributed by atoms with Gasteiger partial charge in [-0.1, -0.05) is 39.0 Å². The zero-order valence-corrected chi connectivity index (χ0v) is 12.4. The molecule has 0 saturated heterocycles. The fraction of sp³-hybridized carbons (Fsp3) is 0.615. The van der Waals surface area contributed by atoms with Crippen molar-refractivity contribution >= 4 is 16.4 Å². The third-order valence-corrected chi connectivity index (χ3v) is 4.18. The van der Waals surface area contributed by atoms with Crippen molar-refractivity contribution in [2.24, 2.45) is 0 Å². The Morgan fingerprint density at radius 3 is 2.60 bits per heavy atom. The summed E-state index contributed by atoms with van der Waals surface area (Å²) >= 11 is 0. The van der Waals surface area contributed by atoms with Crippen LogP contribution in [0.25, 0.3) is 0 Å². The molecule has 20 heavy (non-hydrogen) atoms. The van der Waals surface area contributed by atoms with Crippen molar-refractivity contribution in [1.29, 1.82) is 0 Å². The van der Waals surface area contributed by atoms with Crippen molar-refractivity contribution in [2.45, 2.75) is 50.7 Å². The summed E-state index contributed by atoms with van der Waals surface area (Å²) in [5.74, 6) is 0. The summed E-state index contributed by atoms with van der Waals surface area (Å²) in [7, 11) is -2.77. The van der Waals surface area contributed by atoms with E-state index in [1.807, 2.05) is 0 Å². The van der Waals surface area contributed by atoms with E-state index >= 15 is 0 Å². The normalized spacial score (nSPS) is 12.5. The Labute approximate surface area is 120 Å². The lowest BCUT2D eigenvalue weighted by atomic mass is 10.1. The Hall–Kier alpha value is -1.50. The molecule has 1 heterocycles. The van der Waals surface area contributed by atoms with E-state index in [0.29, 0.717) is 6.42 Å². The van der Waals surface area contributed by atoms with Crippen LogP contribution in [-0.2, 0) is 10.7 Å². The Kier molecular flexibility index (Phi) is 7.14. The molecule has 6 nitrogen and oxygen atoms in total. The van der Waals surface area contributed by atoms with Crippen molar-refractivity contribution < 1.29 is 13.3 Å². The minimum Gasteiger partial charge on any atom is -0.258 e. The molecule has 0 bridgehead atoms. The van der Waals surface area contributed by atoms with Crippen molar-refractivity contribution in [3.05, 3.63) is 34.1 Å². The summed E-state index contributed by atoms with van der Waals surface area (Å²) in [4.78, 5) is 14.3. The standard InChI is InChI=1S/C13H20N2O4S/c1-2-3-4-5-6-9-12(20(18)19)13-11(15(16)17)8-7-10-14-13/h7-8,10,12,20H,2-6,9H2,1H3. The quantitative estimate of drug-likeness (QED) is 0.328. The van der Waals surface area contributed by atoms with Crippen molar-refractivity contribution in [3.8, 4) is 0 Å². The van der Waals surface area contributed by atoms with Gasteiger partial charge in [0.15, 0.2) is 0 Å².